The van der Waals surface area contributed by atoms with E-state index < -0.39 is 0 Å². The number of aryl methyl sites for hydroxylation is 1. The van der Waals surface area contributed by atoms with Gasteiger partial charge in [0, 0.05) is 12.5 Å². The van der Waals surface area contributed by atoms with Crippen LogP contribution in [0.2, 0.25) is 0 Å². The predicted octanol–water partition coefficient (Wildman–Crippen LogP) is 2.72. The number of carbonyl (C=O) groups is 1. The molecule has 0 aliphatic carbocycles. The van der Waals surface area contributed by atoms with Crippen LogP contribution in [-0.4, -0.2) is 24.8 Å². The Balaban J connectivity index is 3.01. The quantitative estimate of drug-likeness (QED) is 0.782. The summed E-state index contributed by atoms with van der Waals surface area (Å²) in [5.41, 5.74) is 1.60. The Bertz CT molecular complexity index is 388. The van der Waals surface area contributed by atoms with Crippen LogP contribution in [0.15, 0.2) is 18.2 Å². The van der Waals surface area contributed by atoms with Crippen LogP contribution in [0.5, 0.6) is 0 Å². The lowest BCUT2D eigenvalue weighted by atomic mass is 9.99. The summed E-state index contributed by atoms with van der Waals surface area (Å²) in [6, 6.07) is 5.04. The lowest BCUT2D eigenvalue weighted by Crippen LogP contribution is -2.22. The van der Waals surface area contributed by atoms with Gasteiger partial charge in [-0.25, -0.2) is 4.39 Å². The molecule has 0 saturated heterocycles. The lowest BCUT2D eigenvalue weighted by Gasteiger charge is -2.24. The van der Waals surface area contributed by atoms with Crippen molar-refractivity contribution in [1.82, 2.24) is 4.90 Å². The third-order valence-electron chi connectivity index (χ3n) is 2.67. The minimum atomic E-state index is -0.205. The average Bonchev–Trinajstić information content (AvgIpc) is 2.18. The van der Waals surface area contributed by atoms with Gasteiger partial charge in [0.25, 0.3) is 0 Å². The highest BCUT2D eigenvalue weighted by molar-refractivity contribution is 5.76. The van der Waals surface area contributed by atoms with Crippen LogP contribution in [0.4, 0.5) is 4.39 Å². The van der Waals surface area contributed by atoms with Crippen molar-refractivity contribution >= 4 is 5.78 Å². The topological polar surface area (TPSA) is 20.3 Å². The van der Waals surface area contributed by atoms with Gasteiger partial charge in [0.05, 0.1) is 0 Å². The molecular weight excluding hydrogens is 205 g/mol. The summed E-state index contributed by atoms with van der Waals surface area (Å²) in [4.78, 5) is 13.2. The standard InChI is InChI=1S/C13H18FNO/c1-9-7-11(5-6-12(9)14)13(15(3)4)8-10(2)16/h5-7,13H,8H2,1-4H3. The summed E-state index contributed by atoms with van der Waals surface area (Å²) >= 11 is 0. The molecule has 1 aromatic rings. The Morgan fingerprint density at radius 1 is 1.44 bits per heavy atom. The van der Waals surface area contributed by atoms with E-state index in [9.17, 15) is 9.18 Å². The number of hydrogen-bond acceptors (Lipinski definition) is 2. The Morgan fingerprint density at radius 3 is 2.50 bits per heavy atom. The molecule has 0 N–H and O–H groups in total. The molecule has 3 heteroatoms. The van der Waals surface area contributed by atoms with Gasteiger partial charge >= 0.3 is 0 Å². The number of Topliss-reactive ketones (excluding diaryl/α,β-unsaturated/α-hetero) is 1. The minimum absolute atomic E-state index is 0.0248. The first-order chi connectivity index (χ1) is 7.41. The highest BCUT2D eigenvalue weighted by Crippen LogP contribution is 2.23. The van der Waals surface area contributed by atoms with Gasteiger partial charge in [-0.05, 0) is 45.1 Å². The number of carbonyl (C=O) groups excluding carboxylic acids is 1. The van der Waals surface area contributed by atoms with Crippen molar-refractivity contribution in [3.05, 3.63) is 35.1 Å². The number of halogens is 1. The molecule has 16 heavy (non-hydrogen) atoms. The number of nitrogens with zero attached hydrogens (tertiary/aromatic N) is 1. The maximum Gasteiger partial charge on any atom is 0.131 e. The number of benzene rings is 1. The van der Waals surface area contributed by atoms with Crippen molar-refractivity contribution in [2.45, 2.75) is 26.3 Å². The van der Waals surface area contributed by atoms with Gasteiger partial charge < -0.3 is 4.90 Å². The van der Waals surface area contributed by atoms with E-state index in [2.05, 4.69) is 0 Å². The highest BCUT2D eigenvalue weighted by atomic mass is 19.1. The zero-order valence-corrected chi connectivity index (χ0v) is 10.2. The lowest BCUT2D eigenvalue weighted by molar-refractivity contribution is -0.118. The molecule has 0 amide bonds. The molecule has 0 saturated carbocycles. The minimum Gasteiger partial charge on any atom is -0.302 e. The molecule has 0 aliphatic rings. The Kier molecular flexibility index (Phi) is 4.19. The maximum atomic E-state index is 13.1. The Hall–Kier alpha value is -1.22. The molecule has 1 unspecified atom stereocenters. The summed E-state index contributed by atoms with van der Waals surface area (Å²) in [7, 11) is 3.85. The van der Waals surface area contributed by atoms with E-state index in [0.29, 0.717) is 12.0 Å². The fraction of sp³-hybridized carbons (Fsp3) is 0.462. The molecule has 1 atom stereocenters. The molecule has 88 valence electrons. The SMILES string of the molecule is CC(=O)CC(c1ccc(F)c(C)c1)N(C)C. The van der Waals surface area contributed by atoms with Crippen LogP contribution in [0, 0.1) is 12.7 Å². The van der Waals surface area contributed by atoms with E-state index in [1.807, 2.05) is 25.1 Å². The Labute approximate surface area is 96.1 Å². The maximum absolute atomic E-state index is 13.1. The van der Waals surface area contributed by atoms with Crippen molar-refractivity contribution in [2.24, 2.45) is 0 Å². The van der Waals surface area contributed by atoms with Crippen LogP contribution in [0.3, 0.4) is 0 Å². The molecule has 0 spiro atoms. The first-order valence-corrected chi connectivity index (χ1v) is 5.33. The molecule has 0 aromatic heterocycles. The zero-order valence-electron chi connectivity index (χ0n) is 10.2. The van der Waals surface area contributed by atoms with Gasteiger partial charge in [0.15, 0.2) is 0 Å². The van der Waals surface area contributed by atoms with E-state index in [1.165, 1.54) is 6.07 Å². The van der Waals surface area contributed by atoms with Gasteiger partial charge in [-0.15, -0.1) is 0 Å². The molecule has 0 bridgehead atoms. The fourth-order valence-corrected chi connectivity index (χ4v) is 1.75. The highest BCUT2D eigenvalue weighted by Gasteiger charge is 2.16. The van der Waals surface area contributed by atoms with Gasteiger partial charge in [-0.1, -0.05) is 12.1 Å². The zero-order chi connectivity index (χ0) is 12.3. The monoisotopic (exact) mass is 223 g/mol. The Morgan fingerprint density at radius 2 is 2.06 bits per heavy atom. The molecule has 1 rings (SSSR count). The molecular formula is C13H18FNO. The summed E-state index contributed by atoms with van der Waals surface area (Å²) in [6.45, 7) is 3.31. The molecule has 1 aromatic carbocycles. The van der Waals surface area contributed by atoms with Crippen molar-refractivity contribution in [2.75, 3.05) is 14.1 Å². The van der Waals surface area contributed by atoms with Gasteiger partial charge in [-0.2, -0.15) is 0 Å². The van der Waals surface area contributed by atoms with E-state index in [0.717, 1.165) is 5.56 Å². The first kappa shape index (κ1) is 12.8. The third kappa shape index (κ3) is 3.14. The van der Waals surface area contributed by atoms with E-state index in [1.54, 1.807) is 19.9 Å². The van der Waals surface area contributed by atoms with Gasteiger partial charge in [0.2, 0.25) is 0 Å². The third-order valence-corrected chi connectivity index (χ3v) is 2.67. The second kappa shape index (κ2) is 5.21. The summed E-state index contributed by atoms with van der Waals surface area (Å²) in [5.74, 6) is -0.0650. The largest absolute Gasteiger partial charge is 0.302 e. The first-order valence-electron chi connectivity index (χ1n) is 5.33. The van der Waals surface area contributed by atoms with Gasteiger partial charge in [-0.3, -0.25) is 4.79 Å². The molecule has 0 heterocycles. The van der Waals surface area contributed by atoms with Crippen molar-refractivity contribution < 1.29 is 9.18 Å². The van der Waals surface area contributed by atoms with Crippen LogP contribution in [0.25, 0.3) is 0 Å². The van der Waals surface area contributed by atoms with Crippen molar-refractivity contribution in [1.29, 1.82) is 0 Å². The molecule has 2 nitrogen and oxygen atoms in total. The van der Waals surface area contributed by atoms with E-state index >= 15 is 0 Å². The number of ketones is 1. The number of rotatable bonds is 4. The summed E-state index contributed by atoms with van der Waals surface area (Å²) in [5, 5.41) is 0. The van der Waals surface area contributed by atoms with Crippen LogP contribution >= 0.6 is 0 Å². The fourth-order valence-electron chi connectivity index (χ4n) is 1.75. The summed E-state index contributed by atoms with van der Waals surface area (Å²) < 4.78 is 13.1. The van der Waals surface area contributed by atoms with Crippen LogP contribution in [0.1, 0.15) is 30.5 Å². The van der Waals surface area contributed by atoms with E-state index in [4.69, 9.17) is 0 Å². The average molecular weight is 223 g/mol. The van der Waals surface area contributed by atoms with Crippen molar-refractivity contribution in [3.63, 3.8) is 0 Å². The van der Waals surface area contributed by atoms with E-state index in [-0.39, 0.29) is 17.6 Å². The van der Waals surface area contributed by atoms with Crippen LogP contribution in [-0.2, 0) is 4.79 Å². The normalized spacial score (nSPS) is 12.9. The predicted molar refractivity (Wildman–Crippen MR) is 62.9 cm³/mol. The molecule has 0 radical (unpaired) electrons. The van der Waals surface area contributed by atoms with Crippen molar-refractivity contribution in [3.8, 4) is 0 Å². The molecule has 0 fully saturated rings. The van der Waals surface area contributed by atoms with Gasteiger partial charge in [0.1, 0.15) is 11.6 Å². The smallest absolute Gasteiger partial charge is 0.131 e. The van der Waals surface area contributed by atoms with Crippen LogP contribution < -0.4 is 0 Å². The summed E-state index contributed by atoms with van der Waals surface area (Å²) in [6.07, 6.45) is 0.456. The second-order valence-corrected chi connectivity index (χ2v) is 4.39. The number of hydrogen-bond donors (Lipinski definition) is 0. The second-order valence-electron chi connectivity index (χ2n) is 4.39. The molecule has 0 aliphatic heterocycles.